The predicted molar refractivity (Wildman–Crippen MR) is 128 cm³/mol. The van der Waals surface area contributed by atoms with Crippen LogP contribution in [0.2, 0.25) is 0 Å². The van der Waals surface area contributed by atoms with Crippen LogP contribution in [-0.2, 0) is 0 Å². The van der Waals surface area contributed by atoms with Gasteiger partial charge in [-0.2, -0.15) is 0 Å². The van der Waals surface area contributed by atoms with Crippen molar-refractivity contribution >= 4 is 32.6 Å². The highest BCUT2D eigenvalue weighted by Crippen LogP contribution is 2.39. The maximum atomic E-state index is 2.42. The molecule has 0 spiro atoms. The second-order valence-electron chi connectivity index (χ2n) is 7.90. The van der Waals surface area contributed by atoms with E-state index in [-0.39, 0.29) is 0 Å². The molecule has 0 atom stereocenters. The summed E-state index contributed by atoms with van der Waals surface area (Å²) in [5.41, 5.74) is 7.53. The molecule has 0 aliphatic carbocycles. The molecule has 6 aromatic rings. The Bertz CT molecular complexity index is 1520. The summed E-state index contributed by atoms with van der Waals surface area (Å²) in [5, 5.41) is 5.22. The van der Waals surface area contributed by atoms with Crippen molar-refractivity contribution in [2.45, 2.75) is 6.92 Å². The van der Waals surface area contributed by atoms with Crippen LogP contribution in [0, 0.1) is 6.92 Å². The lowest BCUT2D eigenvalue weighted by atomic mass is 9.99. The first kappa shape index (κ1) is 17.1. The Kier molecular flexibility index (Phi) is 3.75. The van der Waals surface area contributed by atoms with Crippen molar-refractivity contribution < 1.29 is 0 Å². The number of fused-ring (bicyclic) bond motifs is 5. The smallest absolute Gasteiger partial charge is 0.0619 e. The third-order valence-electron chi connectivity index (χ3n) is 6.10. The monoisotopic (exact) mass is 383 g/mol. The minimum atomic E-state index is 1.19. The summed E-state index contributed by atoms with van der Waals surface area (Å²) in [6.45, 7) is 2.22. The molecule has 0 saturated carbocycles. The van der Waals surface area contributed by atoms with E-state index in [4.69, 9.17) is 0 Å². The van der Waals surface area contributed by atoms with Crippen LogP contribution in [0.4, 0.5) is 0 Å². The molecule has 5 aromatic carbocycles. The Hall–Kier alpha value is -3.84. The zero-order valence-corrected chi connectivity index (χ0v) is 16.8. The van der Waals surface area contributed by atoms with E-state index in [0.717, 1.165) is 0 Å². The first-order valence-corrected chi connectivity index (χ1v) is 10.4. The molecular weight excluding hydrogens is 362 g/mol. The summed E-state index contributed by atoms with van der Waals surface area (Å²) in [7, 11) is 0. The largest absolute Gasteiger partial charge is 0.309 e. The Balaban J connectivity index is 1.81. The first-order valence-electron chi connectivity index (χ1n) is 10.4. The Morgan fingerprint density at radius 1 is 0.500 bits per heavy atom. The minimum Gasteiger partial charge on any atom is -0.309 e. The van der Waals surface area contributed by atoms with E-state index >= 15 is 0 Å². The second-order valence-corrected chi connectivity index (χ2v) is 7.90. The van der Waals surface area contributed by atoms with Crippen LogP contribution in [0.15, 0.2) is 109 Å². The van der Waals surface area contributed by atoms with Gasteiger partial charge in [0.1, 0.15) is 0 Å². The van der Waals surface area contributed by atoms with Gasteiger partial charge >= 0.3 is 0 Å². The van der Waals surface area contributed by atoms with Crippen LogP contribution in [0.5, 0.6) is 0 Å². The van der Waals surface area contributed by atoms with Crippen molar-refractivity contribution in [2.75, 3.05) is 0 Å². The molecule has 0 fully saturated rings. The van der Waals surface area contributed by atoms with E-state index in [2.05, 4.69) is 121 Å². The fourth-order valence-electron chi connectivity index (χ4n) is 4.71. The number of benzene rings is 5. The predicted octanol–water partition coefficient (Wildman–Crippen LogP) is 7.91. The van der Waals surface area contributed by atoms with Crippen molar-refractivity contribution in [2.24, 2.45) is 0 Å². The highest BCUT2D eigenvalue weighted by Gasteiger charge is 2.16. The molecule has 0 N–H and O–H groups in total. The number of para-hydroxylation sites is 1. The Morgan fingerprint density at radius 3 is 1.93 bits per heavy atom. The van der Waals surface area contributed by atoms with E-state index in [1.54, 1.807) is 0 Å². The fraction of sp³-hybridized carbons (Fsp3) is 0.0345. The normalized spacial score (nSPS) is 11.5. The van der Waals surface area contributed by atoms with Gasteiger partial charge in [0.15, 0.2) is 0 Å². The van der Waals surface area contributed by atoms with Gasteiger partial charge in [0.05, 0.1) is 11.0 Å². The molecule has 1 aromatic heterocycles. The zero-order chi connectivity index (χ0) is 20.1. The third-order valence-corrected chi connectivity index (χ3v) is 6.10. The molecule has 142 valence electrons. The van der Waals surface area contributed by atoms with E-state index in [9.17, 15) is 0 Å². The van der Waals surface area contributed by atoms with Gasteiger partial charge in [-0.3, -0.25) is 0 Å². The van der Waals surface area contributed by atoms with E-state index in [1.165, 1.54) is 55.0 Å². The maximum absolute atomic E-state index is 2.42. The van der Waals surface area contributed by atoms with Gasteiger partial charge in [0, 0.05) is 21.8 Å². The van der Waals surface area contributed by atoms with Gasteiger partial charge < -0.3 is 4.57 Å². The zero-order valence-electron chi connectivity index (χ0n) is 16.8. The highest BCUT2D eigenvalue weighted by molar-refractivity contribution is 6.19. The molecule has 1 nitrogen and oxygen atoms in total. The topological polar surface area (TPSA) is 4.93 Å². The second kappa shape index (κ2) is 6.60. The number of hydrogen-bond acceptors (Lipinski definition) is 0. The van der Waals surface area contributed by atoms with Crippen LogP contribution in [-0.4, -0.2) is 4.57 Å². The molecule has 1 heterocycles. The first-order chi connectivity index (χ1) is 14.8. The SMILES string of the molecule is Cc1cc2c3cc(-c4ccccc4)ccc3n(-c3ccccc3)c2c2ccccc12. The van der Waals surface area contributed by atoms with Gasteiger partial charge in [0.25, 0.3) is 0 Å². The third kappa shape index (κ3) is 2.49. The van der Waals surface area contributed by atoms with Crippen LogP contribution in [0.1, 0.15) is 5.56 Å². The highest BCUT2D eigenvalue weighted by atomic mass is 15.0. The molecule has 6 rings (SSSR count). The van der Waals surface area contributed by atoms with Crippen molar-refractivity contribution in [3.8, 4) is 16.8 Å². The van der Waals surface area contributed by atoms with Crippen molar-refractivity contribution in [3.63, 3.8) is 0 Å². The lowest BCUT2D eigenvalue weighted by molar-refractivity contribution is 1.19. The van der Waals surface area contributed by atoms with Crippen molar-refractivity contribution in [1.82, 2.24) is 4.57 Å². The van der Waals surface area contributed by atoms with Gasteiger partial charge in [0.2, 0.25) is 0 Å². The van der Waals surface area contributed by atoms with E-state index in [1.807, 2.05) is 0 Å². The molecular formula is C29H21N. The molecule has 30 heavy (non-hydrogen) atoms. The summed E-state index contributed by atoms with van der Waals surface area (Å²) in [5.74, 6) is 0. The molecule has 0 amide bonds. The summed E-state index contributed by atoms with van der Waals surface area (Å²) in [6.07, 6.45) is 0. The summed E-state index contributed by atoms with van der Waals surface area (Å²) < 4.78 is 2.42. The standard InChI is InChI=1S/C29H21N/c1-20-18-27-26-19-22(21-10-4-2-5-11-21)16-17-28(26)30(23-12-6-3-7-13-23)29(27)25-15-9-8-14-24(20)25/h2-19H,1H3. The summed E-state index contributed by atoms with van der Waals surface area (Å²) in [6, 6.07) is 39.3. The average Bonchev–Trinajstić information content (AvgIpc) is 3.14. The van der Waals surface area contributed by atoms with Crippen LogP contribution in [0.3, 0.4) is 0 Å². The number of aromatic nitrogens is 1. The van der Waals surface area contributed by atoms with Crippen LogP contribution in [0.25, 0.3) is 49.4 Å². The Morgan fingerprint density at radius 2 is 1.17 bits per heavy atom. The lowest BCUT2D eigenvalue weighted by Crippen LogP contribution is -1.94. The van der Waals surface area contributed by atoms with Gasteiger partial charge in [-0.05, 0) is 59.3 Å². The van der Waals surface area contributed by atoms with Crippen molar-refractivity contribution in [3.05, 3.63) is 115 Å². The number of nitrogens with zero attached hydrogens (tertiary/aromatic N) is 1. The number of hydrogen-bond donors (Lipinski definition) is 0. The van der Waals surface area contributed by atoms with E-state index < -0.39 is 0 Å². The van der Waals surface area contributed by atoms with E-state index in [0.29, 0.717) is 0 Å². The molecule has 0 radical (unpaired) electrons. The Labute approximate surface area is 175 Å². The lowest BCUT2D eigenvalue weighted by Gasteiger charge is -2.11. The van der Waals surface area contributed by atoms with Crippen LogP contribution < -0.4 is 0 Å². The quantitative estimate of drug-likeness (QED) is 0.286. The van der Waals surface area contributed by atoms with Crippen molar-refractivity contribution in [1.29, 1.82) is 0 Å². The summed E-state index contributed by atoms with van der Waals surface area (Å²) in [4.78, 5) is 0. The maximum Gasteiger partial charge on any atom is 0.0619 e. The molecule has 0 saturated heterocycles. The van der Waals surface area contributed by atoms with Gasteiger partial charge in [-0.25, -0.2) is 0 Å². The van der Waals surface area contributed by atoms with Crippen LogP contribution >= 0.6 is 0 Å². The number of aryl methyl sites for hydroxylation is 1. The fourth-order valence-corrected chi connectivity index (χ4v) is 4.71. The molecule has 1 heteroatoms. The molecule has 0 aliphatic rings. The number of rotatable bonds is 2. The molecule has 0 aliphatic heterocycles. The molecule has 0 bridgehead atoms. The van der Waals surface area contributed by atoms with Gasteiger partial charge in [-0.15, -0.1) is 0 Å². The molecule has 0 unspecified atom stereocenters. The average molecular weight is 383 g/mol. The minimum absolute atomic E-state index is 1.19. The van der Waals surface area contributed by atoms with Gasteiger partial charge in [-0.1, -0.05) is 78.9 Å². The summed E-state index contributed by atoms with van der Waals surface area (Å²) >= 11 is 0.